The Bertz CT molecular complexity index is 624. The van der Waals surface area contributed by atoms with Gasteiger partial charge in [-0.2, -0.15) is 0 Å². The van der Waals surface area contributed by atoms with Crippen LogP contribution in [0.3, 0.4) is 0 Å². The molecule has 2 N–H and O–H groups in total. The monoisotopic (exact) mass is 272 g/mol. The van der Waals surface area contributed by atoms with Gasteiger partial charge >= 0.3 is 0 Å². The Labute approximate surface area is 116 Å². The first-order valence-electron chi connectivity index (χ1n) is 6.07. The highest BCUT2D eigenvalue weighted by Gasteiger charge is 2.34. The van der Waals surface area contributed by atoms with Gasteiger partial charge in [-0.3, -0.25) is 4.79 Å². The zero-order valence-electron chi connectivity index (χ0n) is 10.2. The number of rotatable bonds is 2. The second-order valence-corrected chi connectivity index (χ2v) is 5.02. The van der Waals surface area contributed by atoms with Crippen LogP contribution in [-0.4, -0.2) is 5.91 Å². The van der Waals surface area contributed by atoms with Crippen molar-refractivity contribution in [3.05, 3.63) is 64.7 Å². The second kappa shape index (κ2) is 4.68. The minimum absolute atomic E-state index is 0.0591. The fourth-order valence-electron chi connectivity index (χ4n) is 2.35. The molecule has 0 saturated heterocycles. The Balaban J connectivity index is 1.93. The molecule has 0 aliphatic carbocycles. The van der Waals surface area contributed by atoms with Gasteiger partial charge in [0.05, 0.1) is 6.54 Å². The van der Waals surface area contributed by atoms with E-state index in [2.05, 4.69) is 0 Å². The summed E-state index contributed by atoms with van der Waals surface area (Å²) in [6, 6.07) is 14.6. The maximum Gasteiger partial charge on any atom is 0.248 e. The molecule has 1 amide bonds. The summed E-state index contributed by atoms with van der Waals surface area (Å²) >= 11 is 5.86. The lowest BCUT2D eigenvalue weighted by Gasteiger charge is -2.17. The van der Waals surface area contributed by atoms with Gasteiger partial charge in [-0.1, -0.05) is 41.9 Å². The molecular formula is C15H13ClN2O. The Morgan fingerprint density at radius 3 is 2.53 bits per heavy atom. The molecule has 1 heterocycles. The lowest BCUT2D eigenvalue weighted by atomic mass is 10.1. The molecule has 96 valence electrons. The molecule has 1 aliphatic rings. The predicted octanol–water partition coefficient (Wildman–Crippen LogP) is 2.89. The molecule has 2 aromatic carbocycles. The van der Waals surface area contributed by atoms with Crippen molar-refractivity contribution in [3.8, 4) is 0 Å². The zero-order chi connectivity index (χ0) is 13.4. The van der Waals surface area contributed by atoms with Crippen LogP contribution >= 0.6 is 11.6 Å². The van der Waals surface area contributed by atoms with Crippen LogP contribution in [0.2, 0.25) is 5.02 Å². The maximum absolute atomic E-state index is 12.2. The van der Waals surface area contributed by atoms with E-state index < -0.39 is 6.04 Å². The number of para-hydroxylation sites is 1. The van der Waals surface area contributed by atoms with E-state index in [4.69, 9.17) is 17.3 Å². The number of benzene rings is 2. The fourth-order valence-corrected chi connectivity index (χ4v) is 2.48. The average molecular weight is 273 g/mol. The summed E-state index contributed by atoms with van der Waals surface area (Å²) in [5, 5.41) is 0.689. The van der Waals surface area contributed by atoms with Gasteiger partial charge in [0, 0.05) is 16.3 Å². The highest BCUT2D eigenvalue weighted by atomic mass is 35.5. The van der Waals surface area contributed by atoms with E-state index in [0.717, 1.165) is 16.8 Å². The minimum Gasteiger partial charge on any atom is -0.316 e. The van der Waals surface area contributed by atoms with Crippen molar-refractivity contribution in [1.29, 1.82) is 0 Å². The predicted molar refractivity (Wildman–Crippen MR) is 76.0 cm³/mol. The molecule has 0 saturated carbocycles. The molecule has 0 radical (unpaired) electrons. The van der Waals surface area contributed by atoms with Crippen LogP contribution in [0.15, 0.2) is 48.5 Å². The van der Waals surface area contributed by atoms with Crippen molar-refractivity contribution in [2.24, 2.45) is 5.73 Å². The molecule has 0 fully saturated rings. The van der Waals surface area contributed by atoms with E-state index >= 15 is 0 Å². The standard InChI is InChI=1S/C15H13ClN2O/c16-11-7-5-10(6-8-11)9-18-13-4-2-1-3-12(13)14(17)15(18)19/h1-8,14H,9,17H2/t14-/m1/s1. The van der Waals surface area contributed by atoms with E-state index in [1.165, 1.54) is 0 Å². The van der Waals surface area contributed by atoms with Crippen LogP contribution in [-0.2, 0) is 11.3 Å². The van der Waals surface area contributed by atoms with Gasteiger partial charge in [-0.25, -0.2) is 0 Å². The normalized spacial score (nSPS) is 17.7. The summed E-state index contributed by atoms with van der Waals surface area (Å²) in [4.78, 5) is 13.9. The molecule has 1 atom stereocenters. The quantitative estimate of drug-likeness (QED) is 0.914. The third-order valence-corrected chi connectivity index (χ3v) is 3.60. The van der Waals surface area contributed by atoms with Crippen LogP contribution in [0.5, 0.6) is 0 Å². The molecule has 1 aliphatic heterocycles. The Hall–Kier alpha value is -1.84. The first-order chi connectivity index (χ1) is 9.16. The van der Waals surface area contributed by atoms with Crippen LogP contribution in [0.1, 0.15) is 17.2 Å². The molecule has 3 rings (SSSR count). The number of fused-ring (bicyclic) bond motifs is 1. The van der Waals surface area contributed by atoms with Gasteiger partial charge < -0.3 is 10.6 Å². The first kappa shape index (κ1) is 12.2. The van der Waals surface area contributed by atoms with Crippen molar-refractivity contribution in [2.75, 3.05) is 4.90 Å². The minimum atomic E-state index is -0.552. The Kier molecular flexibility index (Phi) is 3.01. The van der Waals surface area contributed by atoms with Gasteiger partial charge in [0.1, 0.15) is 6.04 Å². The van der Waals surface area contributed by atoms with Crippen LogP contribution in [0.4, 0.5) is 5.69 Å². The van der Waals surface area contributed by atoms with Gasteiger partial charge in [0.2, 0.25) is 5.91 Å². The number of anilines is 1. The van der Waals surface area contributed by atoms with Gasteiger partial charge in [0.15, 0.2) is 0 Å². The van der Waals surface area contributed by atoms with Gasteiger partial charge in [0.25, 0.3) is 0 Å². The summed E-state index contributed by atoms with van der Waals surface area (Å²) in [7, 11) is 0. The zero-order valence-corrected chi connectivity index (χ0v) is 11.0. The first-order valence-corrected chi connectivity index (χ1v) is 6.45. The summed E-state index contributed by atoms with van der Waals surface area (Å²) < 4.78 is 0. The van der Waals surface area contributed by atoms with E-state index in [9.17, 15) is 4.79 Å². The van der Waals surface area contributed by atoms with Crippen molar-refractivity contribution < 1.29 is 4.79 Å². The number of nitrogens with two attached hydrogens (primary N) is 1. The van der Waals surface area contributed by atoms with Crippen LogP contribution in [0.25, 0.3) is 0 Å². The lowest BCUT2D eigenvalue weighted by Crippen LogP contribution is -2.31. The molecular weight excluding hydrogens is 260 g/mol. The Morgan fingerprint density at radius 2 is 1.79 bits per heavy atom. The highest BCUT2D eigenvalue weighted by Crippen LogP contribution is 2.35. The molecule has 0 aromatic heterocycles. The largest absolute Gasteiger partial charge is 0.316 e. The highest BCUT2D eigenvalue weighted by molar-refractivity contribution is 6.30. The molecule has 4 heteroatoms. The number of hydrogen-bond acceptors (Lipinski definition) is 2. The molecule has 0 bridgehead atoms. The van der Waals surface area contributed by atoms with Crippen LogP contribution < -0.4 is 10.6 Å². The third kappa shape index (κ3) is 2.11. The van der Waals surface area contributed by atoms with Crippen molar-refractivity contribution >= 4 is 23.2 Å². The Morgan fingerprint density at radius 1 is 1.11 bits per heavy atom. The van der Waals surface area contributed by atoms with Crippen molar-refractivity contribution in [1.82, 2.24) is 0 Å². The number of hydrogen-bond donors (Lipinski definition) is 1. The summed E-state index contributed by atoms with van der Waals surface area (Å²) in [5.41, 5.74) is 8.76. The topological polar surface area (TPSA) is 46.3 Å². The SMILES string of the molecule is N[C@H]1C(=O)N(Cc2ccc(Cl)cc2)c2ccccc21. The van der Waals surface area contributed by atoms with Crippen LogP contribution in [0, 0.1) is 0 Å². The van der Waals surface area contributed by atoms with E-state index in [0.29, 0.717) is 11.6 Å². The number of amides is 1. The van der Waals surface area contributed by atoms with Gasteiger partial charge in [-0.05, 0) is 23.8 Å². The summed E-state index contributed by atoms with van der Waals surface area (Å²) in [6.07, 6.45) is 0. The second-order valence-electron chi connectivity index (χ2n) is 4.59. The summed E-state index contributed by atoms with van der Waals surface area (Å²) in [5.74, 6) is -0.0591. The van der Waals surface area contributed by atoms with E-state index in [1.807, 2.05) is 48.5 Å². The van der Waals surface area contributed by atoms with Crippen molar-refractivity contribution in [3.63, 3.8) is 0 Å². The number of halogens is 1. The van der Waals surface area contributed by atoms with Crippen molar-refractivity contribution in [2.45, 2.75) is 12.6 Å². The smallest absolute Gasteiger partial charge is 0.248 e. The molecule has 3 nitrogen and oxygen atoms in total. The number of carbonyl (C=O) groups excluding carboxylic acids is 1. The average Bonchev–Trinajstić information content (AvgIpc) is 2.67. The third-order valence-electron chi connectivity index (χ3n) is 3.35. The molecule has 2 aromatic rings. The maximum atomic E-state index is 12.2. The van der Waals surface area contributed by atoms with Gasteiger partial charge in [-0.15, -0.1) is 0 Å². The summed E-state index contributed by atoms with van der Waals surface area (Å²) in [6.45, 7) is 0.515. The fraction of sp³-hybridized carbons (Fsp3) is 0.133. The van der Waals surface area contributed by atoms with E-state index in [1.54, 1.807) is 4.90 Å². The number of nitrogens with zero attached hydrogens (tertiary/aromatic N) is 1. The lowest BCUT2D eigenvalue weighted by molar-refractivity contribution is -0.119. The molecule has 0 spiro atoms. The van der Waals surface area contributed by atoms with E-state index in [-0.39, 0.29) is 5.91 Å². The number of carbonyl (C=O) groups is 1. The molecule has 0 unspecified atom stereocenters. The molecule has 19 heavy (non-hydrogen) atoms.